The van der Waals surface area contributed by atoms with Gasteiger partial charge < -0.3 is 24.8 Å². The van der Waals surface area contributed by atoms with E-state index in [0.29, 0.717) is 37.1 Å². The van der Waals surface area contributed by atoms with E-state index in [-0.39, 0.29) is 11.8 Å². The molecule has 7 nitrogen and oxygen atoms in total. The summed E-state index contributed by atoms with van der Waals surface area (Å²) in [7, 11) is 0. The highest BCUT2D eigenvalue weighted by atomic mass is 32.1. The summed E-state index contributed by atoms with van der Waals surface area (Å²) in [5.74, 6) is 1.33. The lowest BCUT2D eigenvalue weighted by Crippen LogP contribution is -2.42. The van der Waals surface area contributed by atoms with Crippen LogP contribution >= 0.6 is 11.3 Å². The number of benzene rings is 2. The van der Waals surface area contributed by atoms with Crippen LogP contribution in [0.25, 0.3) is 20.7 Å². The molecule has 1 fully saturated rings. The zero-order valence-corrected chi connectivity index (χ0v) is 23.1. The highest BCUT2D eigenvalue weighted by Crippen LogP contribution is 2.40. The lowest BCUT2D eigenvalue weighted by molar-refractivity contribution is 0.0165. The first-order valence-corrected chi connectivity index (χ1v) is 13.8. The van der Waals surface area contributed by atoms with Crippen LogP contribution in [0.2, 0.25) is 0 Å². The van der Waals surface area contributed by atoms with Crippen molar-refractivity contribution >= 4 is 33.3 Å². The third-order valence-electron chi connectivity index (χ3n) is 6.44. The van der Waals surface area contributed by atoms with Gasteiger partial charge in [0.2, 0.25) is 0 Å². The molecule has 3 heterocycles. The number of thiophene rings is 1. The predicted octanol–water partition coefficient (Wildman–Crippen LogP) is 7.50. The number of nitrogens with zero attached hydrogens (tertiary/aromatic N) is 2. The minimum atomic E-state index is -0.513. The fraction of sp³-hybridized carbons (Fsp3) is 0.333. The van der Waals surface area contributed by atoms with Gasteiger partial charge in [0, 0.05) is 42.0 Å². The molecular weight excluding hydrogens is 517 g/mol. The number of amides is 1. The number of nitrogen functional groups attached to an aromatic ring is 1. The van der Waals surface area contributed by atoms with E-state index in [1.165, 1.54) is 23.5 Å². The van der Waals surface area contributed by atoms with Gasteiger partial charge in [-0.25, -0.2) is 9.18 Å². The number of rotatable bonds is 6. The summed E-state index contributed by atoms with van der Waals surface area (Å²) in [4.78, 5) is 19.5. The van der Waals surface area contributed by atoms with Gasteiger partial charge in [-0.3, -0.25) is 4.98 Å². The Kier molecular flexibility index (Phi) is 7.61. The number of aromatic nitrogens is 1. The highest BCUT2D eigenvalue weighted by Gasteiger charge is 2.27. The van der Waals surface area contributed by atoms with Crippen molar-refractivity contribution in [2.45, 2.75) is 39.2 Å². The number of hydrogen-bond donors (Lipinski definition) is 1. The lowest BCUT2D eigenvalue weighted by atomic mass is 9.98. The van der Waals surface area contributed by atoms with E-state index in [2.05, 4.69) is 4.98 Å². The number of carbonyl (C=O) groups excluding carboxylic acids is 1. The van der Waals surface area contributed by atoms with Crippen LogP contribution in [0, 0.1) is 11.7 Å². The molecule has 9 heteroatoms. The fourth-order valence-corrected chi connectivity index (χ4v) is 5.46. The molecule has 1 saturated heterocycles. The van der Waals surface area contributed by atoms with Crippen molar-refractivity contribution in [2.24, 2.45) is 5.92 Å². The van der Waals surface area contributed by atoms with E-state index < -0.39 is 11.4 Å². The maximum atomic E-state index is 14.3. The van der Waals surface area contributed by atoms with E-state index in [1.807, 2.05) is 51.1 Å². The second-order valence-corrected chi connectivity index (χ2v) is 11.7. The normalized spacial score (nSPS) is 14.4. The Morgan fingerprint density at radius 2 is 1.82 bits per heavy atom. The molecule has 0 radical (unpaired) electrons. The number of halogens is 1. The highest BCUT2D eigenvalue weighted by molar-refractivity contribution is 7.22. The van der Waals surface area contributed by atoms with Crippen molar-refractivity contribution in [3.63, 3.8) is 0 Å². The molecule has 2 N–H and O–H groups in total. The molecule has 0 unspecified atom stereocenters. The van der Waals surface area contributed by atoms with E-state index in [9.17, 15) is 9.18 Å². The van der Waals surface area contributed by atoms with Crippen molar-refractivity contribution in [1.29, 1.82) is 0 Å². The van der Waals surface area contributed by atoms with Crippen LogP contribution in [0.15, 0.2) is 60.8 Å². The van der Waals surface area contributed by atoms with Crippen LogP contribution in [0.5, 0.6) is 17.2 Å². The standard InChI is InChI=1S/C30H32FN3O4S/c1-30(2,3)38-29(35)34-14-11-19(12-15-34)18-36-22-7-4-20(5-8-22)27-17-24-28(39-27)26(10-13-33-24)37-25-9-6-21(32)16-23(25)31/h4-10,13,16-17,19H,11-12,14-15,18,32H2,1-3H3. The van der Waals surface area contributed by atoms with Crippen molar-refractivity contribution < 1.29 is 23.4 Å². The van der Waals surface area contributed by atoms with E-state index >= 15 is 0 Å². The van der Waals surface area contributed by atoms with Crippen LogP contribution in [-0.4, -0.2) is 41.3 Å². The third-order valence-corrected chi connectivity index (χ3v) is 7.63. The molecule has 4 aromatic rings. The smallest absolute Gasteiger partial charge is 0.410 e. The zero-order chi connectivity index (χ0) is 27.6. The number of ether oxygens (including phenoxy) is 3. The van der Waals surface area contributed by atoms with Crippen molar-refractivity contribution in [3.05, 3.63) is 66.6 Å². The summed E-state index contributed by atoms with van der Waals surface area (Å²) in [6.07, 6.45) is 3.18. The van der Waals surface area contributed by atoms with Crippen LogP contribution < -0.4 is 15.2 Å². The van der Waals surface area contributed by atoms with Crippen LogP contribution in [0.4, 0.5) is 14.9 Å². The molecule has 5 rings (SSSR count). The van der Waals surface area contributed by atoms with Gasteiger partial charge in [0.15, 0.2) is 11.6 Å². The molecule has 1 aliphatic heterocycles. The van der Waals surface area contributed by atoms with Crippen molar-refractivity contribution in [3.8, 4) is 27.7 Å². The van der Waals surface area contributed by atoms with Gasteiger partial charge in [0.25, 0.3) is 0 Å². The van der Waals surface area contributed by atoms with E-state index in [0.717, 1.165) is 39.2 Å². The summed E-state index contributed by atoms with van der Waals surface area (Å²) < 4.78 is 32.5. The van der Waals surface area contributed by atoms with E-state index in [1.54, 1.807) is 23.2 Å². The summed E-state index contributed by atoms with van der Waals surface area (Å²) in [5.41, 5.74) is 7.31. The monoisotopic (exact) mass is 549 g/mol. The molecule has 2 aromatic heterocycles. The molecule has 1 amide bonds. The first kappa shape index (κ1) is 26.7. The van der Waals surface area contributed by atoms with Crippen molar-refractivity contribution in [1.82, 2.24) is 9.88 Å². The zero-order valence-electron chi connectivity index (χ0n) is 22.3. The molecule has 1 aliphatic rings. The number of hydrogen-bond acceptors (Lipinski definition) is 7. The Morgan fingerprint density at radius 3 is 2.51 bits per heavy atom. The Bertz CT molecular complexity index is 1460. The Hall–Kier alpha value is -3.85. The number of piperidine rings is 1. The summed E-state index contributed by atoms with van der Waals surface area (Å²) >= 11 is 1.54. The first-order valence-electron chi connectivity index (χ1n) is 13.0. The molecule has 0 spiro atoms. The van der Waals surface area contributed by atoms with Crippen LogP contribution in [0.1, 0.15) is 33.6 Å². The third kappa shape index (κ3) is 6.60. The van der Waals surface area contributed by atoms with Crippen LogP contribution in [-0.2, 0) is 4.74 Å². The van der Waals surface area contributed by atoms with Gasteiger partial charge in [0.05, 0.1) is 16.8 Å². The number of anilines is 1. The Morgan fingerprint density at radius 1 is 1.08 bits per heavy atom. The average molecular weight is 550 g/mol. The summed E-state index contributed by atoms with van der Waals surface area (Å²) in [6, 6.07) is 16.1. The second-order valence-electron chi connectivity index (χ2n) is 10.7. The average Bonchev–Trinajstić information content (AvgIpc) is 3.34. The predicted molar refractivity (Wildman–Crippen MR) is 152 cm³/mol. The molecule has 2 aromatic carbocycles. The SMILES string of the molecule is CC(C)(C)OC(=O)N1CCC(COc2ccc(-c3cc4nccc(Oc5ccc(N)cc5F)c4s3)cc2)CC1. The lowest BCUT2D eigenvalue weighted by Gasteiger charge is -2.33. The molecule has 0 saturated carbocycles. The number of likely N-dealkylation sites (tertiary alicyclic amines) is 1. The molecule has 0 atom stereocenters. The molecular formula is C30H32FN3O4S. The van der Waals surface area contributed by atoms with Gasteiger partial charge in [-0.15, -0.1) is 11.3 Å². The van der Waals surface area contributed by atoms with Crippen molar-refractivity contribution in [2.75, 3.05) is 25.4 Å². The molecule has 39 heavy (non-hydrogen) atoms. The largest absolute Gasteiger partial charge is 0.493 e. The maximum Gasteiger partial charge on any atom is 0.410 e. The second kappa shape index (κ2) is 11.1. The van der Waals surface area contributed by atoms with Gasteiger partial charge in [0.1, 0.15) is 17.1 Å². The number of nitrogens with two attached hydrogens (primary N) is 1. The summed E-state index contributed by atoms with van der Waals surface area (Å²) in [5, 5.41) is 0. The minimum absolute atomic E-state index is 0.115. The number of carbonyl (C=O) groups is 1. The quantitative estimate of drug-likeness (QED) is 0.251. The topological polar surface area (TPSA) is 86.9 Å². The minimum Gasteiger partial charge on any atom is -0.493 e. The number of fused-ring (bicyclic) bond motifs is 1. The molecule has 204 valence electrons. The maximum absolute atomic E-state index is 14.3. The summed E-state index contributed by atoms with van der Waals surface area (Å²) in [6.45, 7) is 7.61. The van der Waals surface area contributed by atoms with Gasteiger partial charge >= 0.3 is 6.09 Å². The van der Waals surface area contributed by atoms with Gasteiger partial charge in [-0.2, -0.15) is 0 Å². The van der Waals surface area contributed by atoms with Gasteiger partial charge in [-0.1, -0.05) is 0 Å². The molecule has 0 aliphatic carbocycles. The Balaban J connectivity index is 1.19. The fourth-order valence-electron chi connectivity index (χ4n) is 4.39. The van der Waals surface area contributed by atoms with Crippen LogP contribution in [0.3, 0.4) is 0 Å². The Labute approximate surface area is 231 Å². The van der Waals surface area contributed by atoms with Gasteiger partial charge in [-0.05, 0) is 87.6 Å². The molecule has 0 bridgehead atoms. The first-order chi connectivity index (χ1) is 18.6. The number of pyridine rings is 1. The van der Waals surface area contributed by atoms with E-state index in [4.69, 9.17) is 19.9 Å².